The fourth-order valence-electron chi connectivity index (χ4n) is 5.77. The molecule has 1 aromatic carbocycles. The Bertz CT molecular complexity index is 1600. The van der Waals surface area contributed by atoms with Gasteiger partial charge in [0.05, 0.1) is 11.6 Å². The third kappa shape index (κ3) is 7.76. The van der Waals surface area contributed by atoms with Crippen LogP contribution in [0.15, 0.2) is 29.0 Å². The number of halogens is 3. The lowest BCUT2D eigenvalue weighted by Crippen LogP contribution is -2.45. The van der Waals surface area contributed by atoms with Crippen LogP contribution in [-0.2, 0) is 10.2 Å². The summed E-state index contributed by atoms with van der Waals surface area (Å²) in [6.45, 7) is 12.7. The Morgan fingerprint density at radius 1 is 0.957 bits per heavy atom. The van der Waals surface area contributed by atoms with Crippen LogP contribution in [0, 0.1) is 17.5 Å². The SMILES string of the molecule is CN(C(=O)c1cnc(N2CC(NC(=O)OC(C)(C)C)C(c3cc(F)c(F)cc3F)C2)nc1)C1CCN(c2nc(C(C)(C)C)no2)CC1. The maximum absolute atomic E-state index is 14.9. The van der Waals surface area contributed by atoms with Crippen LogP contribution in [0.2, 0.25) is 0 Å². The van der Waals surface area contributed by atoms with Crippen LogP contribution < -0.4 is 15.1 Å². The third-order valence-corrected chi connectivity index (χ3v) is 8.32. The van der Waals surface area contributed by atoms with Crippen molar-refractivity contribution in [3.05, 3.63) is 58.9 Å². The van der Waals surface area contributed by atoms with Crippen LogP contribution in [0.4, 0.5) is 29.9 Å². The largest absolute Gasteiger partial charge is 0.444 e. The molecule has 12 nitrogen and oxygen atoms in total. The van der Waals surface area contributed by atoms with Crippen LogP contribution in [0.3, 0.4) is 0 Å². The molecule has 2 aromatic heterocycles. The summed E-state index contributed by atoms with van der Waals surface area (Å²) in [6.07, 6.45) is 3.52. The zero-order valence-corrected chi connectivity index (χ0v) is 27.7. The first-order valence-corrected chi connectivity index (χ1v) is 15.6. The minimum absolute atomic E-state index is 0.0199. The maximum atomic E-state index is 14.9. The summed E-state index contributed by atoms with van der Waals surface area (Å²) < 4.78 is 53.6. The van der Waals surface area contributed by atoms with Gasteiger partial charge < -0.3 is 29.3 Å². The summed E-state index contributed by atoms with van der Waals surface area (Å²) in [5.41, 5.74) is -0.818. The second-order valence-electron chi connectivity index (χ2n) is 14.1. The Labute approximate surface area is 271 Å². The molecule has 2 saturated heterocycles. The van der Waals surface area contributed by atoms with Crippen LogP contribution in [0.1, 0.15) is 82.0 Å². The highest BCUT2D eigenvalue weighted by Crippen LogP contribution is 2.33. The topological polar surface area (TPSA) is 130 Å². The lowest BCUT2D eigenvalue weighted by atomic mass is 9.93. The van der Waals surface area contributed by atoms with E-state index in [-0.39, 0.29) is 47.5 Å². The molecule has 2 amide bonds. The molecule has 3 aromatic rings. The molecule has 2 aliphatic rings. The lowest BCUT2D eigenvalue weighted by Gasteiger charge is -2.35. The minimum Gasteiger partial charge on any atom is -0.444 e. The number of alkyl carbamates (subject to hydrolysis) is 1. The number of nitrogens with zero attached hydrogens (tertiary/aromatic N) is 7. The van der Waals surface area contributed by atoms with Crippen LogP contribution in [-0.4, -0.2) is 87.9 Å². The molecular weight excluding hydrogens is 617 g/mol. The van der Waals surface area contributed by atoms with Gasteiger partial charge >= 0.3 is 12.1 Å². The number of carbonyl (C=O) groups excluding carboxylic acids is 2. The summed E-state index contributed by atoms with van der Waals surface area (Å²) in [4.78, 5) is 44.7. The van der Waals surface area contributed by atoms with Crippen molar-refractivity contribution in [2.75, 3.05) is 43.0 Å². The van der Waals surface area contributed by atoms with Gasteiger partial charge in [0.25, 0.3) is 5.91 Å². The molecule has 0 saturated carbocycles. The van der Waals surface area contributed by atoms with E-state index in [9.17, 15) is 22.8 Å². The molecule has 5 rings (SSSR count). The summed E-state index contributed by atoms with van der Waals surface area (Å²) in [5, 5.41) is 6.83. The maximum Gasteiger partial charge on any atom is 0.407 e. The number of amides is 2. The van der Waals surface area contributed by atoms with Gasteiger partial charge in [0.15, 0.2) is 17.5 Å². The number of anilines is 2. The summed E-state index contributed by atoms with van der Waals surface area (Å²) >= 11 is 0. The van der Waals surface area contributed by atoms with Gasteiger partial charge in [-0.1, -0.05) is 25.9 Å². The molecule has 47 heavy (non-hydrogen) atoms. The Kier molecular flexibility index (Phi) is 9.38. The highest BCUT2D eigenvalue weighted by atomic mass is 19.2. The number of benzene rings is 1. The van der Waals surface area contributed by atoms with E-state index in [1.54, 1.807) is 37.6 Å². The number of hydrogen-bond acceptors (Lipinski definition) is 10. The van der Waals surface area contributed by atoms with Gasteiger partial charge in [-0.3, -0.25) is 4.79 Å². The zero-order valence-electron chi connectivity index (χ0n) is 27.7. The Morgan fingerprint density at radius 3 is 2.19 bits per heavy atom. The van der Waals surface area contributed by atoms with Gasteiger partial charge in [-0.2, -0.15) is 4.98 Å². The van der Waals surface area contributed by atoms with Gasteiger partial charge in [0.1, 0.15) is 11.4 Å². The first-order chi connectivity index (χ1) is 22.0. The quantitative estimate of drug-likeness (QED) is 0.369. The number of hydrogen-bond donors (Lipinski definition) is 1. The average molecular weight is 659 g/mol. The fourth-order valence-corrected chi connectivity index (χ4v) is 5.77. The van der Waals surface area contributed by atoms with Gasteiger partial charge in [0, 0.05) is 69.1 Å². The van der Waals surface area contributed by atoms with E-state index in [2.05, 4.69) is 25.4 Å². The molecule has 2 unspecified atom stereocenters. The monoisotopic (exact) mass is 658 g/mol. The van der Waals surface area contributed by atoms with Crippen molar-refractivity contribution in [3.63, 3.8) is 0 Å². The van der Waals surface area contributed by atoms with Gasteiger partial charge in [-0.25, -0.2) is 27.9 Å². The predicted molar refractivity (Wildman–Crippen MR) is 167 cm³/mol. The average Bonchev–Trinajstić information content (AvgIpc) is 3.66. The molecule has 0 aliphatic carbocycles. The number of ether oxygens (including phenoxy) is 1. The van der Waals surface area contributed by atoms with E-state index in [1.165, 1.54) is 12.4 Å². The Hall–Kier alpha value is -4.43. The van der Waals surface area contributed by atoms with Crippen molar-refractivity contribution in [2.45, 2.75) is 83.4 Å². The highest BCUT2D eigenvalue weighted by Gasteiger charge is 2.39. The molecule has 2 fully saturated rings. The van der Waals surface area contributed by atoms with Crippen molar-refractivity contribution in [1.82, 2.24) is 30.3 Å². The molecule has 0 bridgehead atoms. The van der Waals surface area contributed by atoms with Crippen LogP contribution in [0.25, 0.3) is 0 Å². The third-order valence-electron chi connectivity index (χ3n) is 8.32. The lowest BCUT2D eigenvalue weighted by molar-refractivity contribution is 0.0504. The van der Waals surface area contributed by atoms with Crippen molar-refractivity contribution < 1.29 is 32.0 Å². The van der Waals surface area contributed by atoms with Gasteiger partial charge in [-0.15, -0.1) is 0 Å². The van der Waals surface area contributed by atoms with E-state index in [1.807, 2.05) is 25.7 Å². The smallest absolute Gasteiger partial charge is 0.407 e. The van der Waals surface area contributed by atoms with Gasteiger partial charge in [-0.05, 0) is 45.2 Å². The Morgan fingerprint density at radius 2 is 1.60 bits per heavy atom. The zero-order chi connectivity index (χ0) is 34.3. The summed E-state index contributed by atoms with van der Waals surface area (Å²) in [6, 6.07) is 1.01. The molecule has 4 heterocycles. The number of piperidine rings is 1. The number of aromatic nitrogens is 4. The fraction of sp³-hybridized carbons (Fsp3) is 0.562. The highest BCUT2D eigenvalue weighted by molar-refractivity contribution is 5.93. The molecule has 0 spiro atoms. The standard InChI is InChI=1S/C32H41F3N8O4/c1-31(2,3)27-39-29(47-40-27)42-10-8-19(9-11-42)41(7)26(44)18-14-36-28(37-15-18)43-16-21(20-12-23(34)24(35)13-22(20)33)25(17-43)38-30(45)46-32(4,5)6/h12-15,19,21,25H,8-11,16-17H2,1-7H3,(H,38,45). The minimum atomic E-state index is -1.31. The van der Waals surface area contributed by atoms with Crippen LogP contribution in [0.5, 0.6) is 0 Å². The molecular formula is C32H41F3N8O4. The number of rotatable bonds is 6. The number of nitrogens with one attached hydrogen (secondary N) is 1. The normalized spacial score (nSPS) is 19.2. The summed E-state index contributed by atoms with van der Waals surface area (Å²) in [7, 11) is 1.75. The first-order valence-electron chi connectivity index (χ1n) is 15.6. The molecule has 0 radical (unpaired) electrons. The molecule has 254 valence electrons. The van der Waals surface area contributed by atoms with E-state index < -0.39 is 41.1 Å². The van der Waals surface area contributed by atoms with Crippen molar-refractivity contribution in [3.8, 4) is 0 Å². The number of carbonyl (C=O) groups is 2. The van der Waals surface area contributed by atoms with E-state index in [4.69, 9.17) is 9.26 Å². The molecule has 1 N–H and O–H groups in total. The second kappa shape index (κ2) is 13.0. The van der Waals surface area contributed by atoms with E-state index in [0.717, 1.165) is 6.07 Å². The predicted octanol–water partition coefficient (Wildman–Crippen LogP) is 4.81. The van der Waals surface area contributed by atoms with E-state index >= 15 is 0 Å². The molecule has 2 atom stereocenters. The van der Waals surface area contributed by atoms with E-state index in [0.29, 0.717) is 43.8 Å². The first kappa shape index (κ1) is 33.9. The Balaban J connectivity index is 1.25. The second-order valence-corrected chi connectivity index (χ2v) is 14.1. The van der Waals surface area contributed by atoms with Crippen LogP contribution >= 0.6 is 0 Å². The van der Waals surface area contributed by atoms with Gasteiger partial charge in [0.2, 0.25) is 5.95 Å². The van der Waals surface area contributed by atoms with Crippen molar-refractivity contribution in [2.24, 2.45) is 0 Å². The van der Waals surface area contributed by atoms with Crippen molar-refractivity contribution >= 4 is 24.0 Å². The molecule has 2 aliphatic heterocycles. The van der Waals surface area contributed by atoms with Crippen molar-refractivity contribution in [1.29, 1.82) is 0 Å². The summed E-state index contributed by atoms with van der Waals surface area (Å²) in [5.74, 6) is -3.58. The molecule has 15 heteroatoms.